The molecule has 1 saturated carbocycles. The van der Waals surface area contributed by atoms with Crippen LogP contribution in [0.4, 0.5) is 0 Å². The molecule has 2 aliphatic rings. The van der Waals surface area contributed by atoms with E-state index in [-0.39, 0.29) is 11.9 Å². The van der Waals surface area contributed by atoms with Crippen LogP contribution in [-0.2, 0) is 17.9 Å². The zero-order chi connectivity index (χ0) is 23.7. The summed E-state index contributed by atoms with van der Waals surface area (Å²) in [5.74, 6) is 0.582. The molecule has 0 saturated heterocycles. The van der Waals surface area contributed by atoms with E-state index in [4.69, 9.17) is 5.10 Å². The van der Waals surface area contributed by atoms with Gasteiger partial charge in [0.25, 0.3) is 0 Å². The van der Waals surface area contributed by atoms with Gasteiger partial charge in [0.15, 0.2) is 0 Å². The van der Waals surface area contributed by atoms with Gasteiger partial charge in [-0.15, -0.1) is 0 Å². The monoisotopic (exact) mass is 452 g/mol. The maximum atomic E-state index is 13.3. The van der Waals surface area contributed by atoms with E-state index >= 15 is 0 Å². The van der Waals surface area contributed by atoms with Crippen LogP contribution >= 0.6 is 0 Å². The van der Waals surface area contributed by atoms with Crippen LogP contribution in [-0.4, -0.2) is 57.2 Å². The van der Waals surface area contributed by atoms with Crippen molar-refractivity contribution in [2.75, 3.05) is 20.6 Å². The summed E-state index contributed by atoms with van der Waals surface area (Å²) in [6.45, 7) is 1.92. The Bertz CT molecular complexity index is 1270. The highest BCUT2D eigenvalue weighted by Crippen LogP contribution is 2.42. The highest BCUT2D eigenvalue weighted by atomic mass is 16.2. The summed E-state index contributed by atoms with van der Waals surface area (Å²) in [6.07, 6.45) is 9.50. The molecule has 0 spiro atoms. The van der Waals surface area contributed by atoms with Crippen LogP contribution in [0.3, 0.4) is 0 Å². The van der Waals surface area contributed by atoms with Crippen molar-refractivity contribution in [1.82, 2.24) is 24.6 Å². The van der Waals surface area contributed by atoms with E-state index < -0.39 is 0 Å². The standard InChI is InChI=1S/C27H28N6O/c1-31(2)14-4-7-25(34)32-17-24-26(21-10-12-29-13-11-21)27(22-6-3-5-19(15-22)16-28)30-33(24)18-23(32)20-8-9-20/h3-7,10-13,15,20,23H,8-9,14,17-18H2,1-2H3/b7-4+. The molecule has 0 N–H and O–H groups in total. The first-order chi connectivity index (χ1) is 16.5. The van der Waals surface area contributed by atoms with E-state index in [1.54, 1.807) is 24.5 Å². The quantitative estimate of drug-likeness (QED) is 0.533. The topological polar surface area (TPSA) is 78.1 Å². The van der Waals surface area contributed by atoms with Crippen LogP contribution in [0, 0.1) is 17.2 Å². The largest absolute Gasteiger partial charge is 0.328 e. The Hall–Kier alpha value is -3.76. The lowest BCUT2D eigenvalue weighted by Gasteiger charge is -2.36. The summed E-state index contributed by atoms with van der Waals surface area (Å²) < 4.78 is 2.08. The third kappa shape index (κ3) is 4.37. The summed E-state index contributed by atoms with van der Waals surface area (Å²) in [5, 5.41) is 14.5. The second-order valence-electron chi connectivity index (χ2n) is 9.32. The van der Waals surface area contributed by atoms with Gasteiger partial charge < -0.3 is 9.80 Å². The third-order valence-corrected chi connectivity index (χ3v) is 6.55. The van der Waals surface area contributed by atoms with Crippen LogP contribution in [0.25, 0.3) is 22.4 Å². The highest BCUT2D eigenvalue weighted by Gasteiger charge is 2.41. The highest BCUT2D eigenvalue weighted by molar-refractivity contribution is 5.89. The van der Waals surface area contributed by atoms with Gasteiger partial charge in [-0.1, -0.05) is 18.2 Å². The first-order valence-corrected chi connectivity index (χ1v) is 11.7. The van der Waals surface area contributed by atoms with Gasteiger partial charge in [-0.05, 0) is 62.7 Å². The zero-order valence-electron chi connectivity index (χ0n) is 19.6. The second kappa shape index (κ2) is 9.24. The number of benzene rings is 1. The molecule has 34 heavy (non-hydrogen) atoms. The number of aromatic nitrogens is 3. The fourth-order valence-corrected chi connectivity index (χ4v) is 4.71. The Morgan fingerprint density at radius 2 is 2.00 bits per heavy atom. The first kappa shape index (κ1) is 22.1. The molecule has 172 valence electrons. The molecule has 1 aliphatic carbocycles. The van der Waals surface area contributed by atoms with E-state index in [1.165, 1.54) is 0 Å². The van der Waals surface area contributed by atoms with Gasteiger partial charge in [0.2, 0.25) is 5.91 Å². The summed E-state index contributed by atoms with van der Waals surface area (Å²) >= 11 is 0. The van der Waals surface area contributed by atoms with Crippen LogP contribution in [0.2, 0.25) is 0 Å². The summed E-state index contributed by atoms with van der Waals surface area (Å²) in [5.41, 5.74) is 5.37. The van der Waals surface area contributed by atoms with Crippen molar-refractivity contribution in [2.24, 2.45) is 5.92 Å². The molecule has 1 amide bonds. The minimum atomic E-state index is 0.0555. The molecule has 1 aliphatic heterocycles. The number of hydrogen-bond donors (Lipinski definition) is 0. The minimum Gasteiger partial charge on any atom is -0.328 e. The molecule has 1 atom stereocenters. The number of carbonyl (C=O) groups excluding carboxylic acids is 1. The Morgan fingerprint density at radius 3 is 2.71 bits per heavy atom. The molecule has 1 fully saturated rings. The fourth-order valence-electron chi connectivity index (χ4n) is 4.71. The van der Waals surface area contributed by atoms with Gasteiger partial charge in [0, 0.05) is 36.1 Å². The molecule has 0 radical (unpaired) electrons. The summed E-state index contributed by atoms with van der Waals surface area (Å²) in [6, 6.07) is 13.9. The lowest BCUT2D eigenvalue weighted by Crippen LogP contribution is -2.47. The predicted octanol–water partition coefficient (Wildman–Crippen LogP) is 3.72. The maximum Gasteiger partial charge on any atom is 0.246 e. The molecular weight excluding hydrogens is 424 g/mol. The smallest absolute Gasteiger partial charge is 0.246 e. The number of hydrogen-bond acceptors (Lipinski definition) is 5. The lowest BCUT2D eigenvalue weighted by molar-refractivity contribution is -0.130. The number of nitrogens with zero attached hydrogens (tertiary/aromatic N) is 6. The molecule has 3 aromatic rings. The Morgan fingerprint density at radius 1 is 1.21 bits per heavy atom. The number of nitriles is 1. The van der Waals surface area contributed by atoms with Crippen molar-refractivity contribution in [3.8, 4) is 28.5 Å². The number of amides is 1. The predicted molar refractivity (Wildman–Crippen MR) is 130 cm³/mol. The van der Waals surface area contributed by atoms with Crippen LogP contribution < -0.4 is 0 Å². The van der Waals surface area contributed by atoms with Gasteiger partial charge in [0.05, 0.1) is 36.5 Å². The number of rotatable bonds is 6. The third-order valence-electron chi connectivity index (χ3n) is 6.55. The van der Waals surface area contributed by atoms with Crippen molar-refractivity contribution in [3.63, 3.8) is 0 Å². The molecule has 1 unspecified atom stereocenters. The van der Waals surface area contributed by atoms with Gasteiger partial charge in [-0.25, -0.2) is 0 Å². The Kier molecular flexibility index (Phi) is 5.99. The SMILES string of the molecule is CN(C)C/C=C/C(=O)N1Cc2c(-c3ccncc3)c(-c3cccc(C#N)c3)nn2CC1C1CC1. The first-order valence-electron chi connectivity index (χ1n) is 11.7. The molecule has 1 aromatic carbocycles. The zero-order valence-corrected chi connectivity index (χ0v) is 19.6. The van der Waals surface area contributed by atoms with Gasteiger partial charge in [0.1, 0.15) is 5.69 Å². The van der Waals surface area contributed by atoms with Crippen LogP contribution in [0.1, 0.15) is 24.1 Å². The van der Waals surface area contributed by atoms with Crippen molar-refractivity contribution in [2.45, 2.75) is 32.0 Å². The fraction of sp³-hybridized carbons (Fsp3) is 0.333. The lowest BCUT2D eigenvalue weighted by atomic mass is 9.97. The number of fused-ring (bicyclic) bond motifs is 1. The van der Waals surface area contributed by atoms with E-state index in [0.29, 0.717) is 24.6 Å². The Balaban J connectivity index is 1.59. The normalized spacial score (nSPS) is 17.7. The minimum absolute atomic E-state index is 0.0555. The second-order valence-corrected chi connectivity index (χ2v) is 9.32. The van der Waals surface area contributed by atoms with Crippen molar-refractivity contribution >= 4 is 5.91 Å². The average molecular weight is 453 g/mol. The number of likely N-dealkylation sites (N-methyl/N-ethyl adjacent to an activating group) is 1. The number of pyridine rings is 1. The average Bonchev–Trinajstić information content (AvgIpc) is 3.63. The van der Waals surface area contributed by atoms with Crippen LogP contribution in [0.15, 0.2) is 60.9 Å². The van der Waals surface area contributed by atoms with Crippen molar-refractivity contribution in [1.29, 1.82) is 5.26 Å². The maximum absolute atomic E-state index is 13.3. The van der Waals surface area contributed by atoms with Gasteiger partial charge >= 0.3 is 0 Å². The number of carbonyl (C=O) groups is 1. The Labute approximate surface area is 199 Å². The molecule has 3 heterocycles. The molecule has 7 nitrogen and oxygen atoms in total. The summed E-state index contributed by atoms with van der Waals surface area (Å²) in [7, 11) is 3.98. The van der Waals surface area contributed by atoms with E-state index in [2.05, 4.69) is 15.7 Å². The van der Waals surface area contributed by atoms with Gasteiger partial charge in [-0.2, -0.15) is 10.4 Å². The van der Waals surface area contributed by atoms with E-state index in [1.807, 2.05) is 60.3 Å². The summed E-state index contributed by atoms with van der Waals surface area (Å²) in [4.78, 5) is 21.5. The van der Waals surface area contributed by atoms with Gasteiger partial charge in [-0.3, -0.25) is 14.5 Å². The van der Waals surface area contributed by atoms with Crippen molar-refractivity contribution < 1.29 is 4.79 Å². The molecule has 2 aromatic heterocycles. The molecular formula is C27H28N6O. The van der Waals surface area contributed by atoms with Crippen LogP contribution in [0.5, 0.6) is 0 Å². The van der Waals surface area contributed by atoms with E-state index in [9.17, 15) is 10.1 Å². The molecule has 5 rings (SSSR count). The molecule has 7 heteroatoms. The van der Waals surface area contributed by atoms with E-state index in [0.717, 1.165) is 47.5 Å². The molecule has 0 bridgehead atoms. The van der Waals surface area contributed by atoms with Crippen molar-refractivity contribution in [3.05, 3.63) is 72.2 Å².